The van der Waals surface area contributed by atoms with E-state index in [0.29, 0.717) is 21.4 Å². The molecule has 5 heteroatoms. The predicted octanol–water partition coefficient (Wildman–Crippen LogP) is 2.60. The van der Waals surface area contributed by atoms with Crippen LogP contribution in [0.5, 0.6) is 0 Å². The van der Waals surface area contributed by atoms with Gasteiger partial charge < -0.3 is 10.5 Å². The van der Waals surface area contributed by atoms with Crippen molar-refractivity contribution in [3.05, 3.63) is 23.2 Å². The van der Waals surface area contributed by atoms with Gasteiger partial charge in [0.2, 0.25) is 0 Å². The van der Waals surface area contributed by atoms with Crippen LogP contribution in [0.25, 0.3) is 0 Å². The Morgan fingerprint density at radius 3 is 2.94 bits per heavy atom. The highest BCUT2D eigenvalue weighted by Crippen LogP contribution is 2.24. The highest BCUT2D eigenvalue weighted by Gasteiger charge is 2.19. The topological polar surface area (TPSA) is 52.3 Å². The van der Waals surface area contributed by atoms with E-state index < -0.39 is 10.8 Å². The van der Waals surface area contributed by atoms with Crippen LogP contribution in [0.15, 0.2) is 23.1 Å². The van der Waals surface area contributed by atoms with E-state index in [1.165, 1.54) is 0 Å². The van der Waals surface area contributed by atoms with Crippen molar-refractivity contribution in [3.63, 3.8) is 0 Å². The third kappa shape index (κ3) is 3.44. The van der Waals surface area contributed by atoms with Crippen molar-refractivity contribution in [1.29, 1.82) is 0 Å². The molecule has 0 bridgehead atoms. The number of ether oxygens (including phenoxy) is 1. The SMILES string of the molecule is Nc1ccc(S(=O)CC2CCCCO2)c(Cl)c1. The molecule has 94 valence electrons. The van der Waals surface area contributed by atoms with E-state index in [2.05, 4.69) is 0 Å². The molecule has 2 atom stereocenters. The summed E-state index contributed by atoms with van der Waals surface area (Å²) < 4.78 is 17.7. The number of hydrogen-bond donors (Lipinski definition) is 1. The fourth-order valence-electron chi connectivity index (χ4n) is 1.90. The van der Waals surface area contributed by atoms with Gasteiger partial charge in [0, 0.05) is 12.3 Å². The van der Waals surface area contributed by atoms with Gasteiger partial charge >= 0.3 is 0 Å². The smallest absolute Gasteiger partial charge is 0.0693 e. The first kappa shape index (κ1) is 12.9. The number of benzene rings is 1. The van der Waals surface area contributed by atoms with Gasteiger partial charge in [0.15, 0.2) is 0 Å². The number of anilines is 1. The number of hydrogen-bond acceptors (Lipinski definition) is 3. The summed E-state index contributed by atoms with van der Waals surface area (Å²) in [6.07, 6.45) is 3.33. The molecular formula is C12H16ClNO2S. The Bertz CT molecular complexity index is 419. The van der Waals surface area contributed by atoms with Crippen LogP contribution in [0.3, 0.4) is 0 Å². The molecule has 0 spiro atoms. The zero-order valence-electron chi connectivity index (χ0n) is 9.52. The lowest BCUT2D eigenvalue weighted by Crippen LogP contribution is -2.25. The van der Waals surface area contributed by atoms with E-state index in [1.54, 1.807) is 18.2 Å². The standard InChI is InChI=1S/C12H16ClNO2S/c13-11-7-9(14)4-5-12(11)17(15)8-10-3-1-2-6-16-10/h4-5,7,10H,1-3,6,8,14H2. The minimum absolute atomic E-state index is 0.0956. The summed E-state index contributed by atoms with van der Waals surface area (Å²) in [4.78, 5) is 0.648. The molecular weight excluding hydrogens is 258 g/mol. The summed E-state index contributed by atoms with van der Waals surface area (Å²) in [5.41, 5.74) is 6.19. The Balaban J connectivity index is 2.03. The summed E-state index contributed by atoms with van der Waals surface area (Å²) >= 11 is 6.03. The van der Waals surface area contributed by atoms with Gasteiger partial charge in [-0.3, -0.25) is 4.21 Å². The van der Waals surface area contributed by atoms with Crippen LogP contribution in [-0.2, 0) is 15.5 Å². The van der Waals surface area contributed by atoms with Crippen LogP contribution in [0, 0.1) is 0 Å². The zero-order chi connectivity index (χ0) is 12.3. The van der Waals surface area contributed by atoms with E-state index >= 15 is 0 Å². The molecule has 1 aromatic carbocycles. The van der Waals surface area contributed by atoms with Gasteiger partial charge in [-0.2, -0.15) is 0 Å². The Kier molecular flexibility index (Phi) is 4.42. The third-order valence-electron chi connectivity index (χ3n) is 2.81. The predicted molar refractivity (Wildman–Crippen MR) is 70.7 cm³/mol. The Morgan fingerprint density at radius 2 is 2.29 bits per heavy atom. The average Bonchev–Trinajstić information content (AvgIpc) is 2.30. The lowest BCUT2D eigenvalue weighted by molar-refractivity contribution is 0.0310. The maximum atomic E-state index is 12.2. The van der Waals surface area contributed by atoms with Gasteiger partial charge in [-0.25, -0.2) is 0 Å². The van der Waals surface area contributed by atoms with Crippen molar-refractivity contribution in [1.82, 2.24) is 0 Å². The molecule has 0 radical (unpaired) electrons. The Morgan fingerprint density at radius 1 is 1.47 bits per heavy atom. The number of nitrogens with two attached hydrogens (primary N) is 1. The molecule has 1 aliphatic heterocycles. The number of halogens is 1. The van der Waals surface area contributed by atoms with E-state index in [1.807, 2.05) is 0 Å². The van der Waals surface area contributed by atoms with Crippen LogP contribution < -0.4 is 5.73 Å². The largest absolute Gasteiger partial charge is 0.399 e. The van der Waals surface area contributed by atoms with Crippen molar-refractivity contribution < 1.29 is 8.95 Å². The first-order valence-electron chi connectivity index (χ1n) is 5.72. The maximum absolute atomic E-state index is 12.2. The van der Waals surface area contributed by atoms with Crippen molar-refractivity contribution in [2.45, 2.75) is 30.3 Å². The van der Waals surface area contributed by atoms with E-state index in [0.717, 1.165) is 25.9 Å². The van der Waals surface area contributed by atoms with Crippen LogP contribution in [0.2, 0.25) is 5.02 Å². The molecule has 3 nitrogen and oxygen atoms in total. The molecule has 0 saturated carbocycles. The molecule has 2 N–H and O–H groups in total. The summed E-state index contributed by atoms with van der Waals surface area (Å²) in [6.45, 7) is 0.775. The molecule has 1 heterocycles. The van der Waals surface area contributed by atoms with Crippen LogP contribution in [-0.4, -0.2) is 22.7 Å². The lowest BCUT2D eigenvalue weighted by Gasteiger charge is -2.22. The summed E-state index contributed by atoms with van der Waals surface area (Å²) in [5.74, 6) is 0.517. The molecule has 0 aromatic heterocycles. The monoisotopic (exact) mass is 273 g/mol. The van der Waals surface area contributed by atoms with Gasteiger partial charge in [0.25, 0.3) is 0 Å². The molecule has 2 rings (SSSR count). The average molecular weight is 274 g/mol. The second kappa shape index (κ2) is 5.85. The van der Waals surface area contributed by atoms with Gasteiger partial charge in [0.1, 0.15) is 0 Å². The van der Waals surface area contributed by atoms with Gasteiger partial charge in [0.05, 0.1) is 32.6 Å². The summed E-state index contributed by atoms with van der Waals surface area (Å²) in [7, 11) is -1.11. The molecule has 1 aliphatic rings. The van der Waals surface area contributed by atoms with Crippen LogP contribution >= 0.6 is 11.6 Å². The summed E-state index contributed by atoms with van der Waals surface area (Å²) in [6, 6.07) is 5.09. The number of rotatable bonds is 3. The molecule has 0 amide bonds. The molecule has 1 aromatic rings. The highest BCUT2D eigenvalue weighted by atomic mass is 35.5. The zero-order valence-corrected chi connectivity index (χ0v) is 11.1. The van der Waals surface area contributed by atoms with E-state index in [4.69, 9.17) is 22.1 Å². The van der Waals surface area contributed by atoms with Crippen molar-refractivity contribution in [2.24, 2.45) is 0 Å². The first-order valence-corrected chi connectivity index (χ1v) is 7.41. The molecule has 17 heavy (non-hydrogen) atoms. The minimum Gasteiger partial charge on any atom is -0.399 e. The Labute approximate surface area is 109 Å². The second-order valence-corrected chi connectivity index (χ2v) is 6.06. The fourth-order valence-corrected chi connectivity index (χ4v) is 3.62. The summed E-state index contributed by atoms with van der Waals surface area (Å²) in [5, 5.41) is 0.471. The van der Waals surface area contributed by atoms with Gasteiger partial charge in [-0.05, 0) is 37.5 Å². The van der Waals surface area contributed by atoms with E-state index in [9.17, 15) is 4.21 Å². The fraction of sp³-hybridized carbons (Fsp3) is 0.500. The second-order valence-electron chi connectivity index (χ2n) is 4.19. The van der Waals surface area contributed by atoms with Crippen LogP contribution in [0.1, 0.15) is 19.3 Å². The quantitative estimate of drug-likeness (QED) is 0.862. The van der Waals surface area contributed by atoms with Gasteiger partial charge in [-0.1, -0.05) is 11.6 Å². The molecule has 2 unspecified atom stereocenters. The Hall–Kier alpha value is -0.580. The maximum Gasteiger partial charge on any atom is 0.0693 e. The van der Waals surface area contributed by atoms with Crippen LogP contribution in [0.4, 0.5) is 5.69 Å². The molecule has 1 saturated heterocycles. The first-order chi connectivity index (χ1) is 8.16. The van der Waals surface area contributed by atoms with Crippen molar-refractivity contribution in [3.8, 4) is 0 Å². The molecule has 1 fully saturated rings. The lowest BCUT2D eigenvalue weighted by atomic mass is 10.1. The normalized spacial score (nSPS) is 22.3. The minimum atomic E-state index is -1.11. The number of nitrogen functional groups attached to an aromatic ring is 1. The van der Waals surface area contributed by atoms with E-state index in [-0.39, 0.29) is 6.10 Å². The molecule has 0 aliphatic carbocycles. The van der Waals surface area contributed by atoms with Crippen molar-refractivity contribution in [2.75, 3.05) is 18.1 Å². The third-order valence-corrected chi connectivity index (χ3v) is 4.76. The van der Waals surface area contributed by atoms with Gasteiger partial charge in [-0.15, -0.1) is 0 Å². The van der Waals surface area contributed by atoms with Crippen molar-refractivity contribution >= 4 is 28.1 Å². The highest BCUT2D eigenvalue weighted by molar-refractivity contribution is 7.85.